The van der Waals surface area contributed by atoms with Gasteiger partial charge in [0.05, 0.1) is 25.5 Å². The van der Waals surface area contributed by atoms with Gasteiger partial charge in [-0.3, -0.25) is 0 Å². The molecule has 0 radical (unpaired) electrons. The summed E-state index contributed by atoms with van der Waals surface area (Å²) in [5.41, 5.74) is 2.19. The molecule has 0 spiro atoms. The molecule has 2 aromatic heterocycles. The number of benzene rings is 2. The van der Waals surface area contributed by atoms with E-state index in [1.54, 1.807) is 18.4 Å². The van der Waals surface area contributed by atoms with E-state index in [9.17, 15) is 9.90 Å². The van der Waals surface area contributed by atoms with Crippen molar-refractivity contribution in [1.29, 1.82) is 0 Å². The summed E-state index contributed by atoms with van der Waals surface area (Å²) in [5.74, 6) is 0.665. The molecule has 0 saturated carbocycles. The van der Waals surface area contributed by atoms with E-state index in [4.69, 9.17) is 9.15 Å². The molecule has 0 saturated heterocycles. The Morgan fingerprint density at radius 2 is 1.60 bits per heavy atom. The second-order valence-corrected chi connectivity index (χ2v) is 6.75. The minimum Gasteiger partial charge on any atom is -0.467 e. The highest BCUT2D eigenvalue weighted by atomic mass is 16.5. The lowest BCUT2D eigenvalue weighted by molar-refractivity contribution is 0.0123. The standard InChI is InChI=1S/C23H21N3O4/c27-19(15-29-16-20-12-7-13-30-20)14-26-23(28)24-21(17-8-3-1-4-9-17)22(25-26)18-10-5-2-6-11-18/h1-13,19,27H,14-16H2. The quantitative estimate of drug-likeness (QED) is 0.486. The number of aromatic nitrogens is 3. The number of rotatable bonds is 8. The van der Waals surface area contributed by atoms with Crippen LogP contribution in [0.5, 0.6) is 0 Å². The summed E-state index contributed by atoms with van der Waals surface area (Å²) < 4.78 is 11.8. The zero-order valence-corrected chi connectivity index (χ0v) is 16.2. The van der Waals surface area contributed by atoms with E-state index in [1.165, 1.54) is 4.68 Å². The molecular weight excluding hydrogens is 382 g/mol. The maximum absolute atomic E-state index is 12.6. The highest BCUT2D eigenvalue weighted by molar-refractivity contribution is 5.77. The maximum Gasteiger partial charge on any atom is 0.364 e. The van der Waals surface area contributed by atoms with Crippen molar-refractivity contribution in [2.24, 2.45) is 0 Å². The Hall–Kier alpha value is -3.55. The fourth-order valence-corrected chi connectivity index (χ4v) is 3.07. The average molecular weight is 403 g/mol. The third kappa shape index (κ3) is 4.71. The van der Waals surface area contributed by atoms with Gasteiger partial charge in [-0.15, -0.1) is 0 Å². The van der Waals surface area contributed by atoms with Gasteiger partial charge in [0.1, 0.15) is 23.8 Å². The first kappa shape index (κ1) is 19.8. The first-order valence-electron chi connectivity index (χ1n) is 9.59. The molecule has 4 rings (SSSR count). The largest absolute Gasteiger partial charge is 0.467 e. The average Bonchev–Trinajstić information content (AvgIpc) is 3.30. The maximum atomic E-state index is 12.6. The van der Waals surface area contributed by atoms with Gasteiger partial charge in [-0.05, 0) is 12.1 Å². The van der Waals surface area contributed by atoms with E-state index in [1.807, 2.05) is 60.7 Å². The number of furan rings is 1. The van der Waals surface area contributed by atoms with Crippen LogP contribution in [0.4, 0.5) is 0 Å². The number of hydrogen-bond acceptors (Lipinski definition) is 6. The molecule has 30 heavy (non-hydrogen) atoms. The van der Waals surface area contributed by atoms with Crippen molar-refractivity contribution in [2.75, 3.05) is 6.61 Å². The molecule has 1 N–H and O–H groups in total. The van der Waals surface area contributed by atoms with Gasteiger partial charge in [0.2, 0.25) is 0 Å². The van der Waals surface area contributed by atoms with Crippen LogP contribution in [0.25, 0.3) is 22.5 Å². The Morgan fingerprint density at radius 1 is 0.933 bits per heavy atom. The lowest BCUT2D eigenvalue weighted by Gasteiger charge is -2.14. The van der Waals surface area contributed by atoms with Crippen molar-refractivity contribution >= 4 is 0 Å². The highest BCUT2D eigenvalue weighted by Crippen LogP contribution is 2.27. The van der Waals surface area contributed by atoms with E-state index in [-0.39, 0.29) is 19.8 Å². The Balaban J connectivity index is 1.58. The number of nitrogens with zero attached hydrogens (tertiary/aromatic N) is 3. The molecule has 1 unspecified atom stereocenters. The summed E-state index contributed by atoms with van der Waals surface area (Å²) in [4.78, 5) is 16.9. The molecule has 2 heterocycles. The molecule has 4 aromatic rings. The molecule has 0 bridgehead atoms. The molecule has 7 heteroatoms. The van der Waals surface area contributed by atoms with Gasteiger partial charge in [-0.25, -0.2) is 9.48 Å². The lowest BCUT2D eigenvalue weighted by atomic mass is 10.0. The van der Waals surface area contributed by atoms with Gasteiger partial charge in [-0.1, -0.05) is 60.7 Å². The Morgan fingerprint density at radius 3 is 2.23 bits per heavy atom. The molecule has 0 amide bonds. The van der Waals surface area contributed by atoms with Gasteiger partial charge in [0.15, 0.2) is 0 Å². The predicted octanol–water partition coefficient (Wildman–Crippen LogP) is 3.14. The first-order valence-corrected chi connectivity index (χ1v) is 9.59. The molecule has 0 fully saturated rings. The number of aliphatic hydroxyl groups excluding tert-OH is 1. The molecule has 2 aromatic carbocycles. The Kier molecular flexibility index (Phi) is 6.12. The summed E-state index contributed by atoms with van der Waals surface area (Å²) in [6, 6.07) is 22.5. The van der Waals surface area contributed by atoms with Crippen LogP contribution in [0.15, 0.2) is 88.3 Å². The second-order valence-electron chi connectivity index (χ2n) is 6.75. The first-order chi connectivity index (χ1) is 14.7. The van der Waals surface area contributed by atoms with E-state index in [0.717, 1.165) is 11.1 Å². The zero-order chi connectivity index (χ0) is 20.8. The van der Waals surface area contributed by atoms with Gasteiger partial charge >= 0.3 is 5.69 Å². The zero-order valence-electron chi connectivity index (χ0n) is 16.2. The summed E-state index contributed by atoms with van der Waals surface area (Å²) in [6.45, 7) is 0.252. The van der Waals surface area contributed by atoms with Gasteiger partial charge in [-0.2, -0.15) is 10.1 Å². The van der Waals surface area contributed by atoms with Gasteiger partial charge < -0.3 is 14.3 Å². The number of aliphatic hydroxyl groups is 1. The molecule has 7 nitrogen and oxygen atoms in total. The smallest absolute Gasteiger partial charge is 0.364 e. The third-order valence-corrected chi connectivity index (χ3v) is 4.49. The van der Waals surface area contributed by atoms with E-state index < -0.39 is 11.8 Å². The fourth-order valence-electron chi connectivity index (χ4n) is 3.07. The van der Waals surface area contributed by atoms with Crippen LogP contribution in [0.1, 0.15) is 5.76 Å². The third-order valence-electron chi connectivity index (χ3n) is 4.49. The van der Waals surface area contributed by atoms with E-state index >= 15 is 0 Å². The van der Waals surface area contributed by atoms with Crippen LogP contribution >= 0.6 is 0 Å². The normalized spacial score (nSPS) is 12.0. The molecule has 1 atom stereocenters. The SMILES string of the molecule is O=c1nc(-c2ccccc2)c(-c2ccccc2)nn1CC(O)COCc1ccco1. The van der Waals surface area contributed by atoms with Crippen molar-refractivity contribution < 1.29 is 14.3 Å². The van der Waals surface area contributed by atoms with Crippen molar-refractivity contribution in [3.05, 3.63) is 95.3 Å². The number of ether oxygens (including phenoxy) is 1. The predicted molar refractivity (Wildman–Crippen MR) is 112 cm³/mol. The van der Waals surface area contributed by atoms with Crippen LogP contribution in [-0.2, 0) is 17.9 Å². The summed E-state index contributed by atoms with van der Waals surface area (Å²) in [6.07, 6.45) is 0.641. The van der Waals surface area contributed by atoms with Crippen molar-refractivity contribution in [3.63, 3.8) is 0 Å². The minimum atomic E-state index is -0.918. The fraction of sp³-hybridized carbons (Fsp3) is 0.174. The van der Waals surface area contributed by atoms with Crippen molar-refractivity contribution in [2.45, 2.75) is 19.3 Å². The lowest BCUT2D eigenvalue weighted by Crippen LogP contribution is -2.33. The van der Waals surface area contributed by atoms with Crippen LogP contribution < -0.4 is 5.69 Å². The van der Waals surface area contributed by atoms with Gasteiger partial charge in [0.25, 0.3) is 0 Å². The molecule has 0 aliphatic heterocycles. The summed E-state index contributed by atoms with van der Waals surface area (Å²) >= 11 is 0. The van der Waals surface area contributed by atoms with Crippen LogP contribution in [0.2, 0.25) is 0 Å². The minimum absolute atomic E-state index is 0.0289. The molecular formula is C23H21N3O4. The van der Waals surface area contributed by atoms with Crippen molar-refractivity contribution in [1.82, 2.24) is 14.8 Å². The highest BCUT2D eigenvalue weighted by Gasteiger charge is 2.16. The molecule has 0 aliphatic carbocycles. The summed E-state index contributed by atoms with van der Waals surface area (Å²) in [5, 5.41) is 14.8. The van der Waals surface area contributed by atoms with E-state index in [2.05, 4.69) is 10.1 Å². The molecule has 152 valence electrons. The Bertz CT molecular complexity index is 1130. The monoisotopic (exact) mass is 403 g/mol. The van der Waals surface area contributed by atoms with Crippen LogP contribution in [-0.4, -0.2) is 32.6 Å². The van der Waals surface area contributed by atoms with E-state index in [0.29, 0.717) is 17.1 Å². The molecule has 0 aliphatic rings. The number of hydrogen-bond donors (Lipinski definition) is 1. The topological polar surface area (TPSA) is 90.4 Å². The van der Waals surface area contributed by atoms with Crippen molar-refractivity contribution in [3.8, 4) is 22.5 Å². The second kappa shape index (κ2) is 9.30. The Labute approximate surface area is 173 Å². The van der Waals surface area contributed by atoms with Crippen LogP contribution in [0.3, 0.4) is 0 Å². The van der Waals surface area contributed by atoms with Crippen LogP contribution in [0, 0.1) is 0 Å². The van der Waals surface area contributed by atoms with Gasteiger partial charge in [0, 0.05) is 11.1 Å². The summed E-state index contributed by atoms with van der Waals surface area (Å²) in [7, 11) is 0.